The first-order chi connectivity index (χ1) is 35.5. The van der Waals surface area contributed by atoms with Gasteiger partial charge in [0.05, 0.1) is 119 Å². The highest BCUT2D eigenvalue weighted by Gasteiger charge is 2.23. The predicted molar refractivity (Wildman–Crippen MR) is 258 cm³/mol. The first-order valence-electron chi connectivity index (χ1n) is 24.1. The summed E-state index contributed by atoms with van der Waals surface area (Å²) < 4.78 is 48.5. The van der Waals surface area contributed by atoms with E-state index in [1.165, 1.54) is 24.1 Å². The molecule has 0 unspecified atom stereocenters. The van der Waals surface area contributed by atoms with Gasteiger partial charge in [-0.3, -0.25) is 48.1 Å². The van der Waals surface area contributed by atoms with Crippen LogP contribution < -0.4 is 37.2 Å². The fourth-order valence-electron chi connectivity index (χ4n) is 5.92. The van der Waals surface area contributed by atoms with Crippen molar-refractivity contribution in [3.63, 3.8) is 0 Å². The van der Waals surface area contributed by atoms with Gasteiger partial charge >= 0.3 is 0 Å². The summed E-state index contributed by atoms with van der Waals surface area (Å²) in [5.74, 6) is -4.14. The topological polar surface area (TPSA) is 324 Å². The van der Waals surface area contributed by atoms with Crippen LogP contribution in [0.2, 0.25) is 0 Å². The molecular weight excluding hydrogens is 965 g/mol. The van der Waals surface area contributed by atoms with Crippen LogP contribution in [0.1, 0.15) is 31.2 Å². The van der Waals surface area contributed by atoms with Crippen LogP contribution in [0, 0.1) is 0 Å². The van der Waals surface area contributed by atoms with E-state index in [4.69, 9.17) is 42.6 Å². The summed E-state index contributed by atoms with van der Waals surface area (Å²) in [6.07, 6.45) is 5.08. The number of hydrogen-bond acceptors (Lipinski definition) is 18. The van der Waals surface area contributed by atoms with E-state index in [2.05, 4.69) is 37.2 Å². The van der Waals surface area contributed by atoms with Gasteiger partial charge < -0.3 is 79.8 Å². The molecule has 1 aromatic carbocycles. The summed E-state index contributed by atoms with van der Waals surface area (Å²) in [6, 6.07) is 7.76. The number of unbranched alkanes of at least 4 members (excludes halogenated alkanes) is 2. The number of nitrogens with zero attached hydrogens (tertiary/aromatic N) is 1. The summed E-state index contributed by atoms with van der Waals surface area (Å²) in [5.41, 5.74) is 0.732. The van der Waals surface area contributed by atoms with Gasteiger partial charge in [-0.2, -0.15) is 0 Å². The average molecular weight is 1040 g/mol. The number of carbonyl (C=O) groups excluding carboxylic acids is 9. The van der Waals surface area contributed by atoms with Gasteiger partial charge in [-0.05, 0) is 18.4 Å². The van der Waals surface area contributed by atoms with Gasteiger partial charge in [0.1, 0.15) is 26.0 Å². The lowest BCUT2D eigenvalue weighted by molar-refractivity contribution is -0.137. The van der Waals surface area contributed by atoms with Gasteiger partial charge in [-0.25, -0.2) is 0 Å². The van der Waals surface area contributed by atoms with E-state index in [0.717, 1.165) is 12.0 Å². The maximum Gasteiger partial charge on any atom is 0.253 e. The smallest absolute Gasteiger partial charge is 0.253 e. The first-order valence-corrected chi connectivity index (χ1v) is 24.1. The quantitative estimate of drug-likeness (QED) is 0.0190. The van der Waals surface area contributed by atoms with Gasteiger partial charge in [0.25, 0.3) is 11.8 Å². The molecule has 1 heterocycles. The van der Waals surface area contributed by atoms with Crippen molar-refractivity contribution in [2.75, 3.05) is 159 Å². The van der Waals surface area contributed by atoms with Crippen LogP contribution in [0.3, 0.4) is 0 Å². The molecule has 1 aliphatic rings. The van der Waals surface area contributed by atoms with Crippen molar-refractivity contribution in [2.45, 2.75) is 38.1 Å². The molecule has 1 atom stereocenters. The number of benzene rings is 1. The molecule has 0 aliphatic carbocycles. The Labute approximate surface area is 425 Å². The van der Waals surface area contributed by atoms with Crippen molar-refractivity contribution in [3.05, 3.63) is 48.0 Å². The number of hydrogen-bond donors (Lipinski definition) is 7. The Hall–Kier alpha value is -5.97. The van der Waals surface area contributed by atoms with E-state index in [-0.39, 0.29) is 63.2 Å². The molecule has 1 aromatic rings. The van der Waals surface area contributed by atoms with E-state index in [1.807, 2.05) is 0 Å². The first kappa shape index (κ1) is 63.1. The molecule has 0 saturated carbocycles. The molecule has 410 valence electrons. The van der Waals surface area contributed by atoms with E-state index < -0.39 is 55.2 Å². The maximum absolute atomic E-state index is 12.9. The Morgan fingerprint density at radius 3 is 1.52 bits per heavy atom. The molecule has 26 nitrogen and oxygen atoms in total. The van der Waals surface area contributed by atoms with Crippen molar-refractivity contribution in [1.29, 1.82) is 0 Å². The normalized spacial score (nSPS) is 12.3. The Morgan fingerprint density at radius 2 is 0.959 bits per heavy atom. The molecule has 7 N–H and O–H groups in total. The molecule has 26 heteroatoms. The molecule has 0 bridgehead atoms. The number of rotatable bonds is 46. The maximum atomic E-state index is 12.9. The minimum absolute atomic E-state index is 0.0671. The number of imide groups is 1. The highest BCUT2D eigenvalue weighted by molar-refractivity contribution is 6.12. The third kappa shape index (κ3) is 34.9. The van der Waals surface area contributed by atoms with Crippen LogP contribution in [-0.2, 0) is 92.2 Å². The Kier molecular flexibility index (Phi) is 36.8. The zero-order chi connectivity index (χ0) is 53.0. The minimum atomic E-state index is -1.08. The number of likely N-dealkylation sites (N-methyl/N-ethyl adjacent to an activating group) is 1. The van der Waals surface area contributed by atoms with Crippen LogP contribution in [0.15, 0.2) is 42.5 Å². The molecule has 0 radical (unpaired) electrons. The molecule has 1 aliphatic heterocycles. The van der Waals surface area contributed by atoms with Crippen molar-refractivity contribution in [3.8, 4) is 0 Å². The number of amides is 9. The van der Waals surface area contributed by atoms with Crippen LogP contribution in [0.25, 0.3) is 0 Å². The lowest BCUT2D eigenvalue weighted by atomic mass is 10.1. The summed E-state index contributed by atoms with van der Waals surface area (Å²) in [4.78, 5) is 109. The fourth-order valence-corrected chi connectivity index (χ4v) is 5.92. The van der Waals surface area contributed by atoms with E-state index >= 15 is 0 Å². The molecule has 0 aromatic heterocycles. The standard InChI is InChI=1S/C47H74N8O18/c1-48-43(60)34-73-36-53-41(58)32-52-47(64)38(30-37-8-4-2-5-9-37)54-42(59)33-50-40(57)31-51-44(61)35-72-29-28-71-27-26-70-25-24-69-23-22-68-21-20-67-19-18-66-17-16-65-15-13-49-39(56)10-6-3-7-14-55-45(62)11-12-46(55)63/h2,4-5,8-9,11-12,38H,3,6-7,10,13-36H2,1H3,(H,48,60)(H,49,56)(H,50,57)(H,51,61)(H,52,64)(H,53,58)(H,54,59)/t38-/m0/s1. The third-order valence-electron chi connectivity index (χ3n) is 9.73. The monoisotopic (exact) mass is 1040 g/mol. The molecule has 2 rings (SSSR count). The molecule has 0 saturated heterocycles. The highest BCUT2D eigenvalue weighted by atomic mass is 16.6. The van der Waals surface area contributed by atoms with Crippen molar-refractivity contribution in [2.24, 2.45) is 0 Å². The summed E-state index contributed by atoms with van der Waals surface area (Å²) in [7, 11) is 1.44. The largest absolute Gasteiger partial charge is 0.377 e. The number of carbonyl (C=O) groups is 9. The second-order valence-electron chi connectivity index (χ2n) is 15.5. The Morgan fingerprint density at radius 1 is 0.479 bits per heavy atom. The summed E-state index contributed by atoms with van der Waals surface area (Å²) >= 11 is 0. The van der Waals surface area contributed by atoms with Crippen LogP contribution in [0.4, 0.5) is 0 Å². The summed E-state index contributed by atoms with van der Waals surface area (Å²) in [6.45, 7) is 3.96. The van der Waals surface area contributed by atoms with Gasteiger partial charge in [-0.1, -0.05) is 36.8 Å². The number of ether oxygens (including phenoxy) is 9. The molecule has 73 heavy (non-hydrogen) atoms. The molecule has 0 spiro atoms. The molecule has 9 amide bonds. The highest BCUT2D eigenvalue weighted by Crippen LogP contribution is 2.08. The zero-order valence-electron chi connectivity index (χ0n) is 41.7. The van der Waals surface area contributed by atoms with E-state index in [1.54, 1.807) is 30.3 Å². The lowest BCUT2D eigenvalue weighted by Gasteiger charge is -2.19. The van der Waals surface area contributed by atoms with Crippen LogP contribution >= 0.6 is 0 Å². The lowest BCUT2D eigenvalue weighted by Crippen LogP contribution is -2.52. The second-order valence-corrected chi connectivity index (χ2v) is 15.5. The summed E-state index contributed by atoms with van der Waals surface area (Å²) in [5, 5.41) is 17.3. The van der Waals surface area contributed by atoms with E-state index in [9.17, 15) is 43.2 Å². The molecule has 0 fully saturated rings. The SMILES string of the molecule is CNC(=O)COCNC(=O)CNC(=O)[C@H](Cc1ccccc1)NC(=O)CNC(=O)CNC(=O)COCCOCCOCCOCCOCCOCCOCCOCCNC(=O)CCCCCN1C(=O)C=CC1=O. The van der Waals surface area contributed by atoms with Crippen molar-refractivity contribution < 1.29 is 85.8 Å². The van der Waals surface area contributed by atoms with Gasteiger partial charge in [0.2, 0.25) is 41.4 Å². The Bertz CT molecular complexity index is 1790. The van der Waals surface area contributed by atoms with Gasteiger partial charge in [0, 0.05) is 45.1 Å². The predicted octanol–water partition coefficient (Wildman–Crippen LogP) is -3.37. The van der Waals surface area contributed by atoms with Gasteiger partial charge in [-0.15, -0.1) is 0 Å². The number of nitrogens with one attached hydrogen (secondary N) is 7. The average Bonchev–Trinajstić information content (AvgIpc) is 3.71. The van der Waals surface area contributed by atoms with Crippen molar-refractivity contribution >= 4 is 53.2 Å². The van der Waals surface area contributed by atoms with Crippen LogP contribution in [-0.4, -0.2) is 223 Å². The second kappa shape index (κ2) is 42.5. The minimum Gasteiger partial charge on any atom is -0.377 e. The fraction of sp³-hybridized carbons (Fsp3) is 0.638. The molecular formula is C47H74N8O18. The Balaban J connectivity index is 1.32. The van der Waals surface area contributed by atoms with Gasteiger partial charge in [0.15, 0.2) is 0 Å². The van der Waals surface area contributed by atoms with E-state index in [0.29, 0.717) is 118 Å². The zero-order valence-corrected chi connectivity index (χ0v) is 41.7. The van der Waals surface area contributed by atoms with Crippen molar-refractivity contribution in [1.82, 2.24) is 42.1 Å². The third-order valence-corrected chi connectivity index (χ3v) is 9.73. The van der Waals surface area contributed by atoms with Crippen LogP contribution in [0.5, 0.6) is 0 Å².